The zero-order valence-corrected chi connectivity index (χ0v) is 21.0. The number of rotatable bonds is 7. The van der Waals surface area contributed by atoms with Gasteiger partial charge in [0.1, 0.15) is 11.6 Å². The Morgan fingerprint density at radius 1 is 0.829 bits per heavy atom. The smallest absolute Gasteiger partial charge is 0.416 e. The lowest BCUT2D eigenvalue weighted by atomic mass is 10.0. The standard InChI is InChI=1S/C30H20F5N3O3/c31-23-9-20(10-24(32)13-23)21-11-25(28(39)36-14-17-1-5-19(6-2-17)29(40)41)27-26(12-21)37-16-38(27)15-18-3-7-22(8-4-18)30(33,34)35/h1-13,16H,14-15H2,(H,36,39)(H,40,41). The van der Waals surface area contributed by atoms with Crippen LogP contribution in [0.2, 0.25) is 0 Å². The van der Waals surface area contributed by atoms with Crippen molar-refractivity contribution in [1.29, 1.82) is 0 Å². The van der Waals surface area contributed by atoms with Crippen LogP contribution in [0.25, 0.3) is 22.2 Å². The van der Waals surface area contributed by atoms with Gasteiger partial charge >= 0.3 is 12.1 Å². The van der Waals surface area contributed by atoms with E-state index in [4.69, 9.17) is 5.11 Å². The molecule has 0 radical (unpaired) electrons. The van der Waals surface area contributed by atoms with Crippen LogP contribution in [-0.2, 0) is 19.3 Å². The third-order valence-corrected chi connectivity index (χ3v) is 6.44. The molecule has 0 aliphatic heterocycles. The van der Waals surface area contributed by atoms with Crippen molar-refractivity contribution in [3.05, 3.63) is 125 Å². The lowest BCUT2D eigenvalue weighted by Gasteiger charge is -2.13. The van der Waals surface area contributed by atoms with E-state index in [9.17, 15) is 31.5 Å². The molecule has 0 atom stereocenters. The maximum Gasteiger partial charge on any atom is 0.416 e. The molecule has 0 spiro atoms. The van der Waals surface area contributed by atoms with Gasteiger partial charge in [-0.2, -0.15) is 13.2 Å². The first-order chi connectivity index (χ1) is 19.5. The summed E-state index contributed by atoms with van der Waals surface area (Å²) in [5.74, 6) is -3.24. The fourth-order valence-electron chi connectivity index (χ4n) is 4.43. The number of aromatic carboxylic acids is 1. The van der Waals surface area contributed by atoms with Gasteiger partial charge in [-0.15, -0.1) is 0 Å². The SMILES string of the molecule is O=C(O)c1ccc(CNC(=O)c2cc(-c3cc(F)cc(F)c3)cc3ncn(Cc4ccc(C(F)(F)F)cc4)c23)cc1. The van der Waals surface area contributed by atoms with Crippen molar-refractivity contribution in [2.45, 2.75) is 19.3 Å². The quantitative estimate of drug-likeness (QED) is 0.216. The van der Waals surface area contributed by atoms with Crippen LogP contribution in [0, 0.1) is 11.6 Å². The normalized spacial score (nSPS) is 11.5. The molecule has 0 fully saturated rings. The Morgan fingerprint density at radius 3 is 2.05 bits per heavy atom. The summed E-state index contributed by atoms with van der Waals surface area (Å²) in [6.07, 6.45) is -3.05. The van der Waals surface area contributed by atoms with E-state index in [1.54, 1.807) is 22.8 Å². The van der Waals surface area contributed by atoms with Gasteiger partial charge in [0.25, 0.3) is 5.91 Å². The molecule has 1 aromatic heterocycles. The predicted molar refractivity (Wildman–Crippen MR) is 140 cm³/mol. The topological polar surface area (TPSA) is 84.2 Å². The molecular formula is C30H20F5N3O3. The summed E-state index contributed by atoms with van der Waals surface area (Å²) in [6.45, 7) is 0.144. The number of fused-ring (bicyclic) bond motifs is 1. The number of carbonyl (C=O) groups excluding carboxylic acids is 1. The molecule has 0 aliphatic rings. The highest BCUT2D eigenvalue weighted by molar-refractivity contribution is 6.06. The van der Waals surface area contributed by atoms with Gasteiger partial charge in [0, 0.05) is 19.2 Å². The highest BCUT2D eigenvalue weighted by Crippen LogP contribution is 2.31. The number of carbonyl (C=O) groups is 2. The molecule has 2 N–H and O–H groups in total. The van der Waals surface area contributed by atoms with Crippen LogP contribution in [-0.4, -0.2) is 26.5 Å². The zero-order chi connectivity index (χ0) is 29.3. The second-order valence-electron chi connectivity index (χ2n) is 9.30. The number of benzene rings is 4. The van der Waals surface area contributed by atoms with Gasteiger partial charge < -0.3 is 15.0 Å². The van der Waals surface area contributed by atoms with E-state index in [0.29, 0.717) is 27.7 Å². The van der Waals surface area contributed by atoms with E-state index in [0.717, 1.165) is 30.3 Å². The van der Waals surface area contributed by atoms with Crippen molar-refractivity contribution >= 4 is 22.9 Å². The van der Waals surface area contributed by atoms with Crippen molar-refractivity contribution in [2.24, 2.45) is 0 Å². The summed E-state index contributed by atoms with van der Waals surface area (Å²) in [7, 11) is 0. The van der Waals surface area contributed by atoms with Gasteiger partial charge in [-0.05, 0) is 70.8 Å². The van der Waals surface area contributed by atoms with E-state index in [1.165, 1.54) is 36.7 Å². The zero-order valence-electron chi connectivity index (χ0n) is 21.0. The molecule has 1 amide bonds. The van der Waals surface area contributed by atoms with Crippen LogP contribution >= 0.6 is 0 Å². The molecule has 0 saturated carbocycles. The number of amides is 1. The van der Waals surface area contributed by atoms with Gasteiger partial charge in [0.15, 0.2) is 0 Å². The third kappa shape index (κ3) is 6.08. The van der Waals surface area contributed by atoms with Crippen LogP contribution in [0.15, 0.2) is 85.2 Å². The molecule has 6 nitrogen and oxygen atoms in total. The van der Waals surface area contributed by atoms with Crippen LogP contribution in [0.5, 0.6) is 0 Å². The van der Waals surface area contributed by atoms with Crippen LogP contribution in [0.3, 0.4) is 0 Å². The Balaban J connectivity index is 1.52. The Hall–Kier alpha value is -5.06. The van der Waals surface area contributed by atoms with Gasteiger partial charge in [0.05, 0.1) is 34.1 Å². The number of alkyl halides is 3. The first kappa shape index (κ1) is 27.5. The minimum atomic E-state index is -4.48. The Labute approximate surface area is 229 Å². The average molecular weight is 565 g/mol. The fraction of sp³-hybridized carbons (Fsp3) is 0.100. The summed E-state index contributed by atoms with van der Waals surface area (Å²) < 4.78 is 68.5. The van der Waals surface area contributed by atoms with Gasteiger partial charge in [-0.3, -0.25) is 4.79 Å². The van der Waals surface area contributed by atoms with Crippen molar-refractivity contribution in [3.8, 4) is 11.1 Å². The van der Waals surface area contributed by atoms with Crippen LogP contribution in [0.4, 0.5) is 22.0 Å². The second kappa shape index (κ2) is 10.8. The van der Waals surface area contributed by atoms with E-state index in [1.807, 2.05) is 0 Å². The first-order valence-corrected chi connectivity index (χ1v) is 12.2. The number of hydrogen-bond acceptors (Lipinski definition) is 3. The summed E-state index contributed by atoms with van der Waals surface area (Å²) in [5, 5.41) is 11.8. The molecule has 208 valence electrons. The maximum atomic E-state index is 14.0. The maximum absolute atomic E-state index is 14.0. The molecule has 4 aromatic carbocycles. The minimum Gasteiger partial charge on any atom is -0.478 e. The highest BCUT2D eigenvalue weighted by atomic mass is 19.4. The third-order valence-electron chi connectivity index (χ3n) is 6.44. The molecule has 11 heteroatoms. The van der Waals surface area contributed by atoms with Gasteiger partial charge in [-0.1, -0.05) is 24.3 Å². The van der Waals surface area contributed by atoms with Gasteiger partial charge in [-0.25, -0.2) is 18.6 Å². The van der Waals surface area contributed by atoms with Crippen molar-refractivity contribution in [2.75, 3.05) is 0 Å². The number of nitrogens with one attached hydrogen (secondary N) is 1. The number of aromatic nitrogens is 2. The average Bonchev–Trinajstić information content (AvgIpc) is 3.33. The molecule has 0 saturated heterocycles. The predicted octanol–water partition coefficient (Wildman–Crippen LogP) is 6.68. The summed E-state index contributed by atoms with van der Waals surface area (Å²) >= 11 is 0. The summed E-state index contributed by atoms with van der Waals surface area (Å²) in [5.41, 5.74) is 1.77. The number of carboxylic acid groups (broad SMARTS) is 1. The number of imidazole rings is 1. The summed E-state index contributed by atoms with van der Waals surface area (Å²) in [4.78, 5) is 28.9. The number of hydrogen-bond donors (Lipinski definition) is 2. The second-order valence-corrected chi connectivity index (χ2v) is 9.30. The lowest BCUT2D eigenvalue weighted by molar-refractivity contribution is -0.137. The molecule has 5 aromatic rings. The van der Waals surface area contributed by atoms with Crippen LogP contribution < -0.4 is 5.32 Å². The monoisotopic (exact) mass is 565 g/mol. The van der Waals surface area contributed by atoms with Crippen molar-refractivity contribution in [1.82, 2.24) is 14.9 Å². The van der Waals surface area contributed by atoms with Gasteiger partial charge in [0.2, 0.25) is 0 Å². The molecular weight excluding hydrogens is 545 g/mol. The Kier molecular flexibility index (Phi) is 7.27. The molecule has 5 rings (SSSR count). The molecule has 41 heavy (non-hydrogen) atoms. The molecule has 0 aliphatic carbocycles. The van der Waals surface area contributed by atoms with E-state index in [2.05, 4.69) is 10.3 Å². The first-order valence-electron chi connectivity index (χ1n) is 12.2. The molecule has 1 heterocycles. The molecule has 0 bridgehead atoms. The minimum absolute atomic E-state index is 0.0477. The number of halogens is 5. The largest absolute Gasteiger partial charge is 0.478 e. The van der Waals surface area contributed by atoms with Crippen molar-refractivity contribution in [3.63, 3.8) is 0 Å². The Morgan fingerprint density at radius 2 is 1.44 bits per heavy atom. The number of carboxylic acids is 1. The summed E-state index contributed by atoms with van der Waals surface area (Å²) in [6, 6.07) is 16.5. The fourth-order valence-corrected chi connectivity index (χ4v) is 4.43. The lowest BCUT2D eigenvalue weighted by Crippen LogP contribution is -2.23. The van der Waals surface area contributed by atoms with Crippen LogP contribution in [0.1, 0.15) is 37.4 Å². The molecule has 0 unspecified atom stereocenters. The van der Waals surface area contributed by atoms with E-state index < -0.39 is 35.3 Å². The Bertz CT molecular complexity index is 1740. The highest BCUT2D eigenvalue weighted by Gasteiger charge is 2.30. The van der Waals surface area contributed by atoms with Crippen molar-refractivity contribution < 1.29 is 36.6 Å². The van der Waals surface area contributed by atoms with E-state index >= 15 is 0 Å². The number of nitrogens with zero attached hydrogens (tertiary/aromatic N) is 2. The van der Waals surface area contributed by atoms with E-state index in [-0.39, 0.29) is 29.8 Å².